The molecule has 0 unspecified atom stereocenters. The second kappa shape index (κ2) is 10.00. The fraction of sp³-hybridized carbons (Fsp3) is 0.895. The van der Waals surface area contributed by atoms with Crippen LogP contribution in [0.25, 0.3) is 0 Å². The SMILES string of the molecule is CCC(CC)(CNC(=NC)NCC(C)(C)N(C)C)NC(=O)OC(C)(C)C. The average Bonchev–Trinajstić information content (AvgIpc) is 2.51. The van der Waals surface area contributed by atoms with Crippen LogP contribution >= 0.6 is 0 Å². The standard InChI is InChI=1S/C19H41N5O2/c1-11-19(12-2,23-16(25)26-17(3,4)5)14-22-15(20-8)21-13-18(6,7)24(9)10/h11-14H2,1-10H3,(H,23,25)(H2,20,21,22). The number of rotatable bonds is 8. The molecule has 0 spiro atoms. The van der Waals surface area contributed by atoms with E-state index < -0.39 is 11.1 Å². The Morgan fingerprint density at radius 3 is 1.88 bits per heavy atom. The number of nitrogens with one attached hydrogen (secondary N) is 3. The van der Waals surface area contributed by atoms with Crippen molar-refractivity contribution in [3.05, 3.63) is 0 Å². The fourth-order valence-electron chi connectivity index (χ4n) is 2.17. The second-order valence-corrected chi connectivity index (χ2v) is 8.60. The highest BCUT2D eigenvalue weighted by molar-refractivity contribution is 5.80. The van der Waals surface area contributed by atoms with Crippen molar-refractivity contribution in [2.24, 2.45) is 4.99 Å². The highest BCUT2D eigenvalue weighted by Crippen LogP contribution is 2.16. The van der Waals surface area contributed by atoms with Gasteiger partial charge in [0.05, 0.1) is 5.54 Å². The summed E-state index contributed by atoms with van der Waals surface area (Å²) in [6, 6.07) is 0. The van der Waals surface area contributed by atoms with E-state index in [4.69, 9.17) is 4.74 Å². The summed E-state index contributed by atoms with van der Waals surface area (Å²) >= 11 is 0. The number of hydrogen-bond donors (Lipinski definition) is 3. The van der Waals surface area contributed by atoms with Gasteiger partial charge in [-0.25, -0.2) is 4.79 Å². The molecule has 0 rings (SSSR count). The number of ether oxygens (including phenoxy) is 1. The minimum absolute atomic E-state index is 0.00101. The predicted octanol–water partition coefficient (Wildman–Crippen LogP) is 2.58. The van der Waals surface area contributed by atoms with Crippen molar-refractivity contribution in [1.82, 2.24) is 20.9 Å². The van der Waals surface area contributed by atoms with Crippen LogP contribution in [0.2, 0.25) is 0 Å². The van der Waals surface area contributed by atoms with Gasteiger partial charge in [0.2, 0.25) is 0 Å². The summed E-state index contributed by atoms with van der Waals surface area (Å²) in [4.78, 5) is 18.7. The smallest absolute Gasteiger partial charge is 0.408 e. The van der Waals surface area contributed by atoms with Crippen molar-refractivity contribution in [2.75, 3.05) is 34.2 Å². The fourth-order valence-corrected chi connectivity index (χ4v) is 2.17. The maximum Gasteiger partial charge on any atom is 0.408 e. The molecule has 7 heteroatoms. The van der Waals surface area contributed by atoms with Gasteiger partial charge in [0.1, 0.15) is 5.60 Å². The highest BCUT2D eigenvalue weighted by Gasteiger charge is 2.31. The third-order valence-corrected chi connectivity index (χ3v) is 4.84. The largest absolute Gasteiger partial charge is 0.444 e. The van der Waals surface area contributed by atoms with E-state index in [9.17, 15) is 4.79 Å². The first-order valence-corrected chi connectivity index (χ1v) is 9.44. The molecule has 0 aromatic carbocycles. The Hall–Kier alpha value is -1.50. The summed E-state index contributed by atoms with van der Waals surface area (Å²) in [7, 11) is 5.86. The van der Waals surface area contributed by atoms with Crippen LogP contribution in [-0.4, -0.2) is 67.9 Å². The Bertz CT molecular complexity index is 463. The van der Waals surface area contributed by atoms with Crippen molar-refractivity contribution in [3.8, 4) is 0 Å². The van der Waals surface area contributed by atoms with E-state index in [1.54, 1.807) is 7.05 Å². The third-order valence-electron chi connectivity index (χ3n) is 4.84. The number of carbonyl (C=O) groups is 1. The van der Waals surface area contributed by atoms with Gasteiger partial charge in [-0.2, -0.15) is 0 Å². The van der Waals surface area contributed by atoms with E-state index in [2.05, 4.69) is 67.6 Å². The molecule has 0 bridgehead atoms. The lowest BCUT2D eigenvalue weighted by Crippen LogP contribution is -2.58. The van der Waals surface area contributed by atoms with Gasteiger partial charge in [0.25, 0.3) is 0 Å². The number of nitrogens with zero attached hydrogens (tertiary/aromatic N) is 2. The molecule has 154 valence electrons. The van der Waals surface area contributed by atoms with E-state index in [1.165, 1.54) is 0 Å². The molecule has 0 saturated heterocycles. The summed E-state index contributed by atoms with van der Waals surface area (Å²) in [5, 5.41) is 9.74. The summed E-state index contributed by atoms with van der Waals surface area (Å²) in [6.45, 7) is 15.4. The number of guanidine groups is 1. The van der Waals surface area contributed by atoms with Crippen molar-refractivity contribution in [2.45, 2.75) is 78.0 Å². The molecule has 0 fully saturated rings. The summed E-state index contributed by atoms with van der Waals surface area (Å²) in [6.07, 6.45) is 1.19. The predicted molar refractivity (Wildman–Crippen MR) is 110 cm³/mol. The molecule has 3 N–H and O–H groups in total. The number of hydrogen-bond acceptors (Lipinski definition) is 4. The lowest BCUT2D eigenvalue weighted by Gasteiger charge is -2.36. The molecule has 0 aliphatic rings. The Labute approximate surface area is 160 Å². The van der Waals surface area contributed by atoms with Gasteiger partial charge in [-0.1, -0.05) is 13.8 Å². The van der Waals surface area contributed by atoms with Gasteiger partial charge < -0.3 is 25.6 Å². The van der Waals surface area contributed by atoms with Crippen LogP contribution < -0.4 is 16.0 Å². The highest BCUT2D eigenvalue weighted by atomic mass is 16.6. The molecule has 7 nitrogen and oxygen atoms in total. The zero-order valence-corrected chi connectivity index (χ0v) is 18.5. The Morgan fingerprint density at radius 1 is 1.00 bits per heavy atom. The van der Waals surface area contributed by atoms with Gasteiger partial charge in [-0.05, 0) is 61.6 Å². The number of aliphatic imine (C=N–C) groups is 1. The molecule has 0 saturated carbocycles. The molecule has 1 amide bonds. The van der Waals surface area contributed by atoms with Gasteiger partial charge in [0.15, 0.2) is 5.96 Å². The van der Waals surface area contributed by atoms with Crippen molar-refractivity contribution >= 4 is 12.1 Å². The molecule has 0 radical (unpaired) electrons. The monoisotopic (exact) mass is 371 g/mol. The van der Waals surface area contributed by atoms with Crippen LogP contribution in [0, 0.1) is 0 Å². The summed E-state index contributed by atoms with van der Waals surface area (Å²) in [5.41, 5.74) is -0.907. The van der Waals surface area contributed by atoms with E-state index in [1.807, 2.05) is 20.8 Å². The molecule has 0 aliphatic heterocycles. The minimum atomic E-state index is -0.514. The summed E-state index contributed by atoms with van der Waals surface area (Å²) in [5.74, 6) is 0.720. The average molecular weight is 372 g/mol. The first-order valence-electron chi connectivity index (χ1n) is 9.44. The molecule has 0 atom stereocenters. The number of amides is 1. The normalized spacial score (nSPS) is 13.6. The van der Waals surface area contributed by atoms with Gasteiger partial charge in [-0.15, -0.1) is 0 Å². The maximum absolute atomic E-state index is 12.2. The zero-order chi connectivity index (χ0) is 20.6. The van der Waals surface area contributed by atoms with E-state index in [0.29, 0.717) is 6.54 Å². The zero-order valence-electron chi connectivity index (χ0n) is 18.5. The minimum Gasteiger partial charge on any atom is -0.444 e. The molecule has 0 aromatic heterocycles. The van der Waals surface area contributed by atoms with Gasteiger partial charge in [-0.3, -0.25) is 4.99 Å². The van der Waals surface area contributed by atoms with Crippen LogP contribution in [0.5, 0.6) is 0 Å². The Morgan fingerprint density at radius 2 is 1.50 bits per heavy atom. The molecular weight excluding hydrogens is 330 g/mol. The van der Waals surface area contributed by atoms with Crippen LogP contribution in [0.1, 0.15) is 61.3 Å². The van der Waals surface area contributed by atoms with Crippen molar-refractivity contribution < 1.29 is 9.53 Å². The van der Waals surface area contributed by atoms with Crippen LogP contribution in [0.15, 0.2) is 4.99 Å². The van der Waals surface area contributed by atoms with Crippen LogP contribution in [0.3, 0.4) is 0 Å². The van der Waals surface area contributed by atoms with Crippen molar-refractivity contribution in [1.29, 1.82) is 0 Å². The number of carbonyl (C=O) groups excluding carboxylic acids is 1. The summed E-state index contributed by atoms with van der Waals surface area (Å²) < 4.78 is 5.42. The first kappa shape index (κ1) is 24.5. The Balaban J connectivity index is 4.86. The Kier molecular flexibility index (Phi) is 9.42. The van der Waals surface area contributed by atoms with Crippen molar-refractivity contribution in [3.63, 3.8) is 0 Å². The lowest BCUT2D eigenvalue weighted by atomic mass is 9.93. The quantitative estimate of drug-likeness (QED) is 0.451. The maximum atomic E-state index is 12.2. The molecular formula is C19H41N5O2. The third kappa shape index (κ3) is 8.74. The topological polar surface area (TPSA) is 78.0 Å². The van der Waals surface area contributed by atoms with Gasteiger partial charge in [0, 0.05) is 25.7 Å². The number of alkyl carbamates (subject to hydrolysis) is 1. The first-order chi connectivity index (χ1) is 11.8. The van der Waals surface area contributed by atoms with E-state index >= 15 is 0 Å². The number of likely N-dealkylation sites (N-methyl/N-ethyl adjacent to an activating group) is 1. The van der Waals surface area contributed by atoms with E-state index in [0.717, 1.165) is 25.3 Å². The van der Waals surface area contributed by atoms with Crippen LogP contribution in [0.4, 0.5) is 4.79 Å². The molecule has 0 aromatic rings. The molecule has 0 heterocycles. The molecule has 26 heavy (non-hydrogen) atoms. The molecule has 0 aliphatic carbocycles. The van der Waals surface area contributed by atoms with Crippen LogP contribution in [-0.2, 0) is 4.74 Å². The van der Waals surface area contributed by atoms with E-state index in [-0.39, 0.29) is 11.6 Å². The van der Waals surface area contributed by atoms with Gasteiger partial charge >= 0.3 is 6.09 Å². The second-order valence-electron chi connectivity index (χ2n) is 8.60. The lowest BCUT2D eigenvalue weighted by molar-refractivity contribution is 0.0448.